The van der Waals surface area contributed by atoms with Crippen molar-refractivity contribution in [3.05, 3.63) is 0 Å². The van der Waals surface area contributed by atoms with Gasteiger partial charge >= 0.3 is 6.09 Å². The maximum Gasteiger partial charge on any atom is 0.407 e. The molecule has 1 aliphatic heterocycles. The number of alkyl carbamates (subject to hydrolysis) is 1. The minimum absolute atomic E-state index is 0.0706. The first-order valence-corrected chi connectivity index (χ1v) is 4.08. The number of Topliss-reactive ketones (excluding diaryl/α,β-unsaturated/α-hetero) is 1. The van der Waals surface area contributed by atoms with Crippen molar-refractivity contribution in [2.75, 3.05) is 20.3 Å². The quantitative estimate of drug-likeness (QED) is 0.672. The molecule has 1 amide bonds. The molecule has 1 atom stereocenters. The van der Waals surface area contributed by atoms with Crippen molar-refractivity contribution in [3.8, 4) is 0 Å². The van der Waals surface area contributed by atoms with Crippen molar-refractivity contribution in [2.45, 2.75) is 13.0 Å². The fourth-order valence-electron chi connectivity index (χ4n) is 1.18. The number of carbonyl (C=O) groups excluding carboxylic acids is 2. The predicted octanol–water partition coefficient (Wildman–Crippen LogP) is -0.0536. The van der Waals surface area contributed by atoms with Crippen LogP contribution in [-0.2, 0) is 14.3 Å². The molecule has 1 heterocycles. The van der Waals surface area contributed by atoms with E-state index in [4.69, 9.17) is 4.74 Å². The van der Waals surface area contributed by atoms with E-state index < -0.39 is 12.1 Å². The molecular formula is C8H13NO4. The highest BCUT2D eigenvalue weighted by atomic mass is 16.5. The van der Waals surface area contributed by atoms with Gasteiger partial charge in [-0.05, 0) is 6.92 Å². The number of hydrogen-bond acceptors (Lipinski definition) is 4. The topological polar surface area (TPSA) is 64.6 Å². The Kier molecular flexibility index (Phi) is 3.25. The third-order valence-corrected chi connectivity index (χ3v) is 2.03. The highest BCUT2D eigenvalue weighted by Gasteiger charge is 2.32. The third kappa shape index (κ3) is 2.42. The van der Waals surface area contributed by atoms with E-state index in [0.717, 1.165) is 0 Å². The van der Waals surface area contributed by atoms with Crippen molar-refractivity contribution in [1.29, 1.82) is 0 Å². The normalized spacial score (nSPS) is 18.6. The Morgan fingerprint density at radius 3 is 2.46 bits per heavy atom. The molecule has 0 aromatic heterocycles. The second kappa shape index (κ2) is 4.23. The van der Waals surface area contributed by atoms with Gasteiger partial charge in [-0.1, -0.05) is 0 Å². The van der Waals surface area contributed by atoms with Crippen LogP contribution >= 0.6 is 0 Å². The standard InChI is InChI=1S/C8H13NO4/c1-5(10)7(6-3-13-4-6)9-8(11)12-2/h6-7H,3-4H2,1-2H3,(H,9,11). The molecule has 0 radical (unpaired) electrons. The Balaban J connectivity index is 2.46. The van der Waals surface area contributed by atoms with Crippen molar-refractivity contribution in [3.63, 3.8) is 0 Å². The molecular weight excluding hydrogens is 174 g/mol. The van der Waals surface area contributed by atoms with Crippen LogP contribution in [-0.4, -0.2) is 38.2 Å². The lowest BCUT2D eigenvalue weighted by Gasteiger charge is -2.32. The van der Waals surface area contributed by atoms with Crippen LogP contribution in [0.2, 0.25) is 0 Å². The average molecular weight is 187 g/mol. The Hall–Kier alpha value is -1.10. The highest BCUT2D eigenvalue weighted by Crippen LogP contribution is 2.15. The van der Waals surface area contributed by atoms with E-state index in [2.05, 4.69) is 10.1 Å². The van der Waals surface area contributed by atoms with E-state index in [-0.39, 0.29) is 11.7 Å². The van der Waals surface area contributed by atoms with Crippen LogP contribution < -0.4 is 5.32 Å². The molecule has 0 aromatic rings. The summed E-state index contributed by atoms with van der Waals surface area (Å²) in [5.74, 6) is 0.0234. The molecule has 74 valence electrons. The summed E-state index contributed by atoms with van der Waals surface area (Å²) in [6.45, 7) is 2.49. The van der Waals surface area contributed by atoms with Gasteiger partial charge in [0.1, 0.15) is 0 Å². The summed E-state index contributed by atoms with van der Waals surface area (Å²) in [7, 11) is 1.27. The molecule has 0 aromatic carbocycles. The van der Waals surface area contributed by atoms with Crippen molar-refractivity contribution in [1.82, 2.24) is 5.32 Å². The molecule has 1 rings (SSSR count). The zero-order valence-electron chi connectivity index (χ0n) is 7.70. The van der Waals surface area contributed by atoms with Crippen LogP contribution in [0.15, 0.2) is 0 Å². The van der Waals surface area contributed by atoms with E-state index in [1.165, 1.54) is 14.0 Å². The summed E-state index contributed by atoms with van der Waals surface area (Å²) in [5, 5.41) is 2.48. The number of ether oxygens (including phenoxy) is 2. The van der Waals surface area contributed by atoms with Gasteiger partial charge in [-0.25, -0.2) is 4.79 Å². The van der Waals surface area contributed by atoms with Crippen LogP contribution in [0.3, 0.4) is 0 Å². The SMILES string of the molecule is COC(=O)NC(C(C)=O)C1COC1. The first-order chi connectivity index (χ1) is 6.15. The van der Waals surface area contributed by atoms with Crippen molar-refractivity contribution < 1.29 is 19.1 Å². The summed E-state index contributed by atoms with van der Waals surface area (Å²) in [4.78, 5) is 21.9. The molecule has 5 nitrogen and oxygen atoms in total. The summed E-state index contributed by atoms with van der Waals surface area (Å²) in [6.07, 6.45) is -0.577. The van der Waals surface area contributed by atoms with Crippen LogP contribution in [0, 0.1) is 5.92 Å². The summed E-state index contributed by atoms with van der Waals surface area (Å²) in [5.41, 5.74) is 0. The van der Waals surface area contributed by atoms with Crippen molar-refractivity contribution >= 4 is 11.9 Å². The number of amides is 1. The highest BCUT2D eigenvalue weighted by molar-refractivity contribution is 5.85. The molecule has 1 unspecified atom stereocenters. The zero-order chi connectivity index (χ0) is 9.84. The first-order valence-electron chi connectivity index (χ1n) is 4.08. The molecule has 13 heavy (non-hydrogen) atoms. The Morgan fingerprint density at radius 1 is 1.54 bits per heavy atom. The molecule has 0 spiro atoms. The number of nitrogens with one attached hydrogen (secondary N) is 1. The van der Waals surface area contributed by atoms with E-state index in [1.54, 1.807) is 0 Å². The van der Waals surface area contributed by atoms with Gasteiger partial charge in [-0.2, -0.15) is 0 Å². The fourth-order valence-corrected chi connectivity index (χ4v) is 1.18. The molecule has 0 aliphatic carbocycles. The minimum Gasteiger partial charge on any atom is -0.453 e. The largest absolute Gasteiger partial charge is 0.453 e. The Bertz CT molecular complexity index is 212. The molecule has 1 N–H and O–H groups in total. The smallest absolute Gasteiger partial charge is 0.407 e. The molecule has 0 bridgehead atoms. The van der Waals surface area contributed by atoms with Gasteiger partial charge in [-0.3, -0.25) is 4.79 Å². The second-order valence-corrected chi connectivity index (χ2v) is 3.02. The fraction of sp³-hybridized carbons (Fsp3) is 0.750. The number of rotatable bonds is 3. The van der Waals surface area contributed by atoms with Gasteiger partial charge in [0.15, 0.2) is 5.78 Å². The lowest BCUT2D eigenvalue weighted by atomic mass is 9.95. The number of methoxy groups -OCH3 is 1. The zero-order valence-corrected chi connectivity index (χ0v) is 7.70. The van der Waals surface area contributed by atoms with Gasteiger partial charge in [0.25, 0.3) is 0 Å². The maximum atomic E-state index is 11.1. The molecule has 0 saturated carbocycles. The molecule has 1 fully saturated rings. The molecule has 1 saturated heterocycles. The number of hydrogen-bond donors (Lipinski definition) is 1. The third-order valence-electron chi connectivity index (χ3n) is 2.03. The monoisotopic (exact) mass is 187 g/mol. The van der Waals surface area contributed by atoms with E-state index in [9.17, 15) is 9.59 Å². The maximum absolute atomic E-state index is 11.1. The molecule has 1 aliphatic rings. The van der Waals surface area contributed by atoms with Crippen LogP contribution in [0.4, 0.5) is 4.79 Å². The van der Waals surface area contributed by atoms with Crippen LogP contribution in [0.1, 0.15) is 6.92 Å². The first kappa shape index (κ1) is 9.98. The second-order valence-electron chi connectivity index (χ2n) is 3.02. The van der Waals surface area contributed by atoms with Crippen molar-refractivity contribution in [2.24, 2.45) is 5.92 Å². The van der Waals surface area contributed by atoms with E-state index in [1.807, 2.05) is 0 Å². The lowest BCUT2D eigenvalue weighted by Crippen LogP contribution is -2.51. The predicted molar refractivity (Wildman–Crippen MR) is 44.3 cm³/mol. The van der Waals surface area contributed by atoms with E-state index >= 15 is 0 Å². The Labute approximate surface area is 76.4 Å². The summed E-state index contributed by atoms with van der Waals surface area (Å²) in [6, 6.07) is -0.471. The number of carbonyl (C=O) groups is 2. The number of ketones is 1. The van der Waals surface area contributed by atoms with E-state index in [0.29, 0.717) is 13.2 Å². The van der Waals surface area contributed by atoms with Gasteiger partial charge in [0.05, 0.1) is 26.4 Å². The molecule has 5 heteroatoms. The minimum atomic E-state index is -0.577. The Morgan fingerprint density at radius 2 is 2.15 bits per heavy atom. The van der Waals surface area contributed by atoms with Gasteiger partial charge in [0, 0.05) is 5.92 Å². The lowest BCUT2D eigenvalue weighted by molar-refractivity contribution is -0.126. The van der Waals surface area contributed by atoms with Crippen LogP contribution in [0.25, 0.3) is 0 Å². The van der Waals surface area contributed by atoms with Gasteiger partial charge in [-0.15, -0.1) is 0 Å². The average Bonchev–Trinajstić information content (AvgIpc) is 1.99. The van der Waals surface area contributed by atoms with Gasteiger partial charge < -0.3 is 14.8 Å². The van der Waals surface area contributed by atoms with Crippen LogP contribution in [0.5, 0.6) is 0 Å². The summed E-state index contributed by atoms with van der Waals surface area (Å²) < 4.78 is 9.34. The summed E-state index contributed by atoms with van der Waals surface area (Å²) >= 11 is 0. The van der Waals surface area contributed by atoms with Gasteiger partial charge in [0.2, 0.25) is 0 Å².